The van der Waals surface area contributed by atoms with Crippen LogP contribution in [-0.2, 0) is 4.79 Å². The molecule has 5 nitrogen and oxygen atoms in total. The second-order valence-corrected chi connectivity index (χ2v) is 7.40. The minimum atomic E-state index is -0.0357. The maximum Gasteiger partial charge on any atom is 0.247 e. The van der Waals surface area contributed by atoms with Gasteiger partial charge >= 0.3 is 0 Å². The SMILES string of the molecule is O=C(/C=C/c1ccc(Cl)s1)N1CCC[C@H]1c1nnc2ccccn12. The third kappa shape index (κ3) is 2.83. The second-order valence-electron chi connectivity index (χ2n) is 5.65. The summed E-state index contributed by atoms with van der Waals surface area (Å²) in [4.78, 5) is 15.5. The average Bonchev–Trinajstić information content (AvgIpc) is 3.31. The van der Waals surface area contributed by atoms with Gasteiger partial charge in [0.05, 0.1) is 10.4 Å². The van der Waals surface area contributed by atoms with Crippen molar-refractivity contribution < 1.29 is 4.79 Å². The fraction of sp³-hybridized carbons (Fsp3) is 0.235. The van der Waals surface area contributed by atoms with E-state index >= 15 is 0 Å². The molecule has 1 aliphatic rings. The van der Waals surface area contributed by atoms with Crippen molar-refractivity contribution in [1.82, 2.24) is 19.5 Å². The lowest BCUT2D eigenvalue weighted by atomic mass is 10.2. The number of thiophene rings is 1. The molecule has 0 unspecified atom stereocenters. The Labute approximate surface area is 148 Å². The summed E-state index contributed by atoms with van der Waals surface area (Å²) in [6, 6.07) is 9.49. The highest BCUT2D eigenvalue weighted by Gasteiger charge is 2.32. The first-order valence-electron chi connectivity index (χ1n) is 7.76. The number of halogens is 1. The number of aromatic nitrogens is 3. The fourth-order valence-electron chi connectivity index (χ4n) is 3.05. The topological polar surface area (TPSA) is 50.5 Å². The first-order valence-corrected chi connectivity index (χ1v) is 8.95. The minimum absolute atomic E-state index is 0.00490. The molecule has 1 amide bonds. The summed E-state index contributed by atoms with van der Waals surface area (Å²) < 4.78 is 2.68. The van der Waals surface area contributed by atoms with Gasteiger partial charge in [0.2, 0.25) is 5.91 Å². The predicted octanol–water partition coefficient (Wildman–Crippen LogP) is 3.82. The van der Waals surface area contributed by atoms with E-state index in [1.807, 2.05) is 51.9 Å². The van der Waals surface area contributed by atoms with Crippen LogP contribution in [0.3, 0.4) is 0 Å². The minimum Gasteiger partial charge on any atom is -0.329 e. The van der Waals surface area contributed by atoms with Crippen LogP contribution < -0.4 is 0 Å². The molecule has 0 saturated carbocycles. The lowest BCUT2D eigenvalue weighted by Gasteiger charge is -2.22. The number of carbonyl (C=O) groups is 1. The first kappa shape index (κ1) is 15.4. The Morgan fingerprint density at radius 2 is 2.21 bits per heavy atom. The van der Waals surface area contributed by atoms with E-state index in [9.17, 15) is 4.79 Å². The third-order valence-corrected chi connectivity index (χ3v) is 5.35. The van der Waals surface area contributed by atoms with Crippen LogP contribution in [0.2, 0.25) is 4.34 Å². The van der Waals surface area contributed by atoms with Crippen molar-refractivity contribution >= 4 is 40.6 Å². The van der Waals surface area contributed by atoms with Gasteiger partial charge in [0.1, 0.15) is 0 Å². The Morgan fingerprint density at radius 1 is 1.29 bits per heavy atom. The van der Waals surface area contributed by atoms with Crippen LogP contribution in [0.1, 0.15) is 29.6 Å². The van der Waals surface area contributed by atoms with E-state index in [0.717, 1.165) is 40.1 Å². The molecule has 3 aromatic heterocycles. The van der Waals surface area contributed by atoms with Crippen LogP contribution in [0, 0.1) is 0 Å². The highest BCUT2D eigenvalue weighted by atomic mass is 35.5. The summed E-state index contributed by atoms with van der Waals surface area (Å²) >= 11 is 7.37. The van der Waals surface area contributed by atoms with Gasteiger partial charge in [-0.3, -0.25) is 9.20 Å². The zero-order valence-corrected chi connectivity index (χ0v) is 14.4. The summed E-state index contributed by atoms with van der Waals surface area (Å²) in [7, 11) is 0. The molecule has 0 aliphatic carbocycles. The van der Waals surface area contributed by atoms with Crippen LogP contribution in [-0.4, -0.2) is 31.9 Å². The van der Waals surface area contributed by atoms with Crippen molar-refractivity contribution in [3.8, 4) is 0 Å². The Morgan fingerprint density at radius 3 is 3.04 bits per heavy atom. The highest BCUT2D eigenvalue weighted by molar-refractivity contribution is 7.17. The van der Waals surface area contributed by atoms with E-state index in [1.165, 1.54) is 11.3 Å². The maximum atomic E-state index is 12.6. The molecule has 0 N–H and O–H groups in total. The summed E-state index contributed by atoms with van der Waals surface area (Å²) in [6.45, 7) is 0.737. The van der Waals surface area contributed by atoms with Gasteiger partial charge in [0.15, 0.2) is 11.5 Å². The zero-order valence-electron chi connectivity index (χ0n) is 12.8. The second kappa shape index (κ2) is 6.37. The smallest absolute Gasteiger partial charge is 0.247 e. The van der Waals surface area contributed by atoms with Gasteiger partial charge in [0.25, 0.3) is 0 Å². The van der Waals surface area contributed by atoms with Crippen molar-refractivity contribution in [3.63, 3.8) is 0 Å². The standard InChI is InChI=1S/C17H15ClN4OS/c18-14-8-6-12(24-14)7-9-16(23)21-11-3-4-13(21)17-20-19-15-5-1-2-10-22(15)17/h1-2,5-10,13H,3-4,11H2/b9-7+/t13-/m0/s1. The molecular weight excluding hydrogens is 344 g/mol. The van der Waals surface area contributed by atoms with Crippen LogP contribution in [0.25, 0.3) is 11.7 Å². The van der Waals surface area contributed by atoms with E-state index in [2.05, 4.69) is 10.2 Å². The molecule has 122 valence electrons. The van der Waals surface area contributed by atoms with E-state index in [1.54, 1.807) is 6.08 Å². The molecule has 24 heavy (non-hydrogen) atoms. The summed E-state index contributed by atoms with van der Waals surface area (Å²) in [5.41, 5.74) is 0.801. The Hall–Kier alpha value is -2.18. The van der Waals surface area contributed by atoms with Gasteiger partial charge < -0.3 is 4.90 Å². The molecule has 1 aliphatic heterocycles. The number of hydrogen-bond donors (Lipinski definition) is 0. The van der Waals surface area contributed by atoms with Gasteiger partial charge in [0, 0.05) is 23.7 Å². The quantitative estimate of drug-likeness (QED) is 0.669. The molecule has 7 heteroatoms. The average molecular weight is 359 g/mol. The summed E-state index contributed by atoms with van der Waals surface area (Å²) in [6.07, 6.45) is 7.24. The number of hydrogen-bond acceptors (Lipinski definition) is 4. The van der Waals surface area contributed by atoms with E-state index in [0.29, 0.717) is 0 Å². The number of carbonyl (C=O) groups excluding carboxylic acids is 1. The molecule has 1 fully saturated rings. The zero-order chi connectivity index (χ0) is 16.5. The van der Waals surface area contributed by atoms with Crippen molar-refractivity contribution in [2.24, 2.45) is 0 Å². The maximum absolute atomic E-state index is 12.6. The molecule has 0 radical (unpaired) electrons. The van der Waals surface area contributed by atoms with Gasteiger partial charge in [-0.05, 0) is 43.2 Å². The monoisotopic (exact) mass is 358 g/mol. The van der Waals surface area contributed by atoms with E-state index in [4.69, 9.17) is 11.6 Å². The summed E-state index contributed by atoms with van der Waals surface area (Å²) in [5.74, 6) is 0.818. The molecule has 1 saturated heterocycles. The van der Waals surface area contributed by atoms with Crippen molar-refractivity contribution in [2.45, 2.75) is 18.9 Å². The van der Waals surface area contributed by atoms with Gasteiger partial charge in [-0.1, -0.05) is 17.7 Å². The van der Waals surface area contributed by atoms with Crippen LogP contribution >= 0.6 is 22.9 Å². The number of likely N-dealkylation sites (tertiary alicyclic amines) is 1. The predicted molar refractivity (Wildman–Crippen MR) is 95.0 cm³/mol. The molecule has 4 heterocycles. The molecule has 4 rings (SSSR count). The molecule has 0 bridgehead atoms. The fourth-order valence-corrected chi connectivity index (χ4v) is 4.02. The third-order valence-electron chi connectivity index (χ3n) is 4.16. The Kier molecular flexibility index (Phi) is 4.08. The number of nitrogens with zero attached hydrogens (tertiary/aromatic N) is 4. The first-order chi connectivity index (χ1) is 11.7. The molecule has 3 aromatic rings. The largest absolute Gasteiger partial charge is 0.329 e. The van der Waals surface area contributed by atoms with Crippen LogP contribution in [0.15, 0.2) is 42.6 Å². The lowest BCUT2D eigenvalue weighted by Crippen LogP contribution is -2.30. The number of fused-ring (bicyclic) bond motifs is 1. The van der Waals surface area contributed by atoms with Crippen LogP contribution in [0.4, 0.5) is 0 Å². The molecular formula is C17H15ClN4OS. The Bertz CT molecular complexity index is 916. The highest BCUT2D eigenvalue weighted by Crippen LogP contribution is 2.31. The Balaban J connectivity index is 1.58. The van der Waals surface area contributed by atoms with Gasteiger partial charge in [-0.15, -0.1) is 21.5 Å². The van der Waals surface area contributed by atoms with Gasteiger partial charge in [-0.25, -0.2) is 0 Å². The lowest BCUT2D eigenvalue weighted by molar-refractivity contribution is -0.127. The van der Waals surface area contributed by atoms with E-state index < -0.39 is 0 Å². The number of amides is 1. The molecule has 0 spiro atoms. The van der Waals surface area contributed by atoms with Crippen molar-refractivity contribution in [2.75, 3.05) is 6.54 Å². The van der Waals surface area contributed by atoms with Crippen LogP contribution in [0.5, 0.6) is 0 Å². The van der Waals surface area contributed by atoms with Gasteiger partial charge in [-0.2, -0.15) is 0 Å². The van der Waals surface area contributed by atoms with E-state index in [-0.39, 0.29) is 11.9 Å². The van der Waals surface area contributed by atoms with Crippen molar-refractivity contribution in [1.29, 1.82) is 0 Å². The van der Waals surface area contributed by atoms with Crippen molar-refractivity contribution in [3.05, 3.63) is 57.6 Å². The number of rotatable bonds is 3. The number of pyridine rings is 1. The normalized spacial score (nSPS) is 18.0. The molecule has 1 atom stereocenters. The molecule has 0 aromatic carbocycles. The summed E-state index contributed by atoms with van der Waals surface area (Å²) in [5, 5.41) is 8.51.